The van der Waals surface area contributed by atoms with Crippen LogP contribution < -0.4 is 16.2 Å². The van der Waals surface area contributed by atoms with Gasteiger partial charge in [0.1, 0.15) is 11.4 Å². The minimum atomic E-state index is -0.434. The number of hydrogen-bond donors (Lipinski definition) is 2. The zero-order chi connectivity index (χ0) is 15.9. The van der Waals surface area contributed by atoms with Crippen molar-refractivity contribution < 1.29 is 9.53 Å². The number of nitrogens with two attached hydrogens (primary N) is 2. The van der Waals surface area contributed by atoms with E-state index in [1.54, 1.807) is 19.2 Å². The van der Waals surface area contributed by atoms with Crippen LogP contribution in [0.2, 0.25) is 0 Å². The summed E-state index contributed by atoms with van der Waals surface area (Å²) in [5.74, 6) is 0.900. The molecule has 6 heteroatoms. The zero-order valence-corrected chi connectivity index (χ0v) is 13.0. The fraction of sp³-hybridized carbons (Fsp3) is 0.125. The Hall–Kier alpha value is -2.47. The molecule has 0 spiro atoms. The standard InChI is InChI=1S/C16H17N3O2S/c1-21-14-5-3-2-4-13(14)19-16(18)22-10-11-6-8-12(9-7-11)15(17)20/h2-9H,10H2,1H3,(H2,17,20)(H2,18,19). The predicted octanol–water partition coefficient (Wildman–Crippen LogP) is 2.67. The molecule has 4 N–H and O–H groups in total. The minimum absolute atomic E-state index is 0.434. The highest BCUT2D eigenvalue weighted by molar-refractivity contribution is 8.13. The number of benzene rings is 2. The van der Waals surface area contributed by atoms with Gasteiger partial charge in [0.05, 0.1) is 7.11 Å². The van der Waals surface area contributed by atoms with Crippen LogP contribution in [-0.4, -0.2) is 18.2 Å². The van der Waals surface area contributed by atoms with Crippen molar-refractivity contribution in [3.63, 3.8) is 0 Å². The topological polar surface area (TPSA) is 90.7 Å². The number of ether oxygens (including phenoxy) is 1. The highest BCUT2D eigenvalue weighted by Gasteiger charge is 2.03. The van der Waals surface area contributed by atoms with Gasteiger partial charge in [0.2, 0.25) is 5.91 Å². The molecule has 0 aromatic heterocycles. The molecule has 0 unspecified atom stereocenters. The molecule has 2 aromatic carbocycles. The third-order valence-corrected chi connectivity index (χ3v) is 3.81. The summed E-state index contributed by atoms with van der Waals surface area (Å²) in [6, 6.07) is 14.5. The van der Waals surface area contributed by atoms with Gasteiger partial charge in [0, 0.05) is 11.3 Å². The van der Waals surface area contributed by atoms with Crippen LogP contribution in [0.15, 0.2) is 53.5 Å². The normalized spacial score (nSPS) is 11.2. The fourth-order valence-corrected chi connectivity index (χ4v) is 2.47. The van der Waals surface area contributed by atoms with Gasteiger partial charge in [0.25, 0.3) is 0 Å². The number of carbonyl (C=O) groups is 1. The van der Waals surface area contributed by atoms with Crippen molar-refractivity contribution in [1.82, 2.24) is 0 Å². The van der Waals surface area contributed by atoms with E-state index in [1.807, 2.05) is 36.4 Å². The van der Waals surface area contributed by atoms with Crippen LogP contribution in [0, 0.1) is 0 Å². The van der Waals surface area contributed by atoms with Crippen LogP contribution in [0.1, 0.15) is 15.9 Å². The van der Waals surface area contributed by atoms with Crippen molar-refractivity contribution >= 4 is 28.5 Å². The molecule has 0 aliphatic rings. The van der Waals surface area contributed by atoms with Crippen LogP contribution in [0.5, 0.6) is 5.75 Å². The second-order valence-electron chi connectivity index (χ2n) is 4.47. The van der Waals surface area contributed by atoms with E-state index >= 15 is 0 Å². The van der Waals surface area contributed by atoms with E-state index < -0.39 is 5.91 Å². The number of para-hydroxylation sites is 2. The summed E-state index contributed by atoms with van der Waals surface area (Å²) in [5.41, 5.74) is 13.4. The molecule has 0 fully saturated rings. The number of carbonyl (C=O) groups excluding carboxylic acids is 1. The summed E-state index contributed by atoms with van der Waals surface area (Å²) in [5, 5.41) is 0.448. The van der Waals surface area contributed by atoms with Gasteiger partial charge in [-0.2, -0.15) is 0 Å². The van der Waals surface area contributed by atoms with Gasteiger partial charge < -0.3 is 16.2 Å². The molecule has 2 aromatic rings. The molecule has 0 aliphatic heterocycles. The third kappa shape index (κ3) is 4.26. The Labute approximate surface area is 133 Å². The fourth-order valence-electron chi connectivity index (χ4n) is 1.80. The van der Waals surface area contributed by atoms with E-state index in [-0.39, 0.29) is 0 Å². The van der Waals surface area contributed by atoms with Crippen molar-refractivity contribution in [3.05, 3.63) is 59.7 Å². The Kier molecular flexibility index (Phi) is 5.43. The van der Waals surface area contributed by atoms with Gasteiger partial charge in [-0.15, -0.1) is 0 Å². The van der Waals surface area contributed by atoms with E-state index in [0.29, 0.717) is 27.9 Å². The number of methoxy groups -OCH3 is 1. The first-order valence-corrected chi connectivity index (χ1v) is 7.57. The Balaban J connectivity index is 2.01. The molecule has 0 saturated heterocycles. The SMILES string of the molecule is COc1ccccc1N=C(N)SCc1ccc(C(N)=O)cc1. The molecule has 0 saturated carbocycles. The lowest BCUT2D eigenvalue weighted by Crippen LogP contribution is -2.10. The predicted molar refractivity (Wildman–Crippen MR) is 90.5 cm³/mol. The molecule has 114 valence electrons. The van der Waals surface area contributed by atoms with Crippen LogP contribution in [0.25, 0.3) is 0 Å². The Morgan fingerprint density at radius 3 is 2.45 bits per heavy atom. The second-order valence-corrected chi connectivity index (χ2v) is 5.47. The smallest absolute Gasteiger partial charge is 0.248 e. The van der Waals surface area contributed by atoms with Gasteiger partial charge in [-0.25, -0.2) is 4.99 Å². The average Bonchev–Trinajstić information content (AvgIpc) is 2.54. The number of nitrogens with zero attached hydrogens (tertiary/aromatic N) is 1. The number of aliphatic imine (C=N–C) groups is 1. The number of primary amides is 1. The molecule has 1 amide bonds. The van der Waals surface area contributed by atoms with Crippen LogP contribution in [0.3, 0.4) is 0 Å². The van der Waals surface area contributed by atoms with Crippen molar-refractivity contribution in [2.24, 2.45) is 16.5 Å². The Bertz CT molecular complexity index is 684. The highest BCUT2D eigenvalue weighted by atomic mass is 32.2. The van der Waals surface area contributed by atoms with Crippen molar-refractivity contribution in [2.75, 3.05) is 7.11 Å². The summed E-state index contributed by atoms with van der Waals surface area (Å²) in [4.78, 5) is 15.4. The van der Waals surface area contributed by atoms with Gasteiger partial charge in [0.15, 0.2) is 5.17 Å². The van der Waals surface area contributed by atoms with E-state index in [9.17, 15) is 4.79 Å². The molecule has 0 bridgehead atoms. The molecule has 0 aliphatic carbocycles. The maximum atomic E-state index is 11.0. The molecule has 0 radical (unpaired) electrons. The minimum Gasteiger partial charge on any atom is -0.494 e. The Morgan fingerprint density at radius 1 is 1.14 bits per heavy atom. The number of hydrogen-bond acceptors (Lipinski definition) is 4. The maximum absolute atomic E-state index is 11.0. The zero-order valence-electron chi connectivity index (χ0n) is 12.2. The second kappa shape index (κ2) is 7.51. The highest BCUT2D eigenvalue weighted by Crippen LogP contribution is 2.27. The van der Waals surface area contributed by atoms with Gasteiger partial charge in [-0.1, -0.05) is 36.0 Å². The van der Waals surface area contributed by atoms with Gasteiger partial charge >= 0.3 is 0 Å². The lowest BCUT2D eigenvalue weighted by atomic mass is 10.1. The lowest BCUT2D eigenvalue weighted by Gasteiger charge is -2.05. The largest absolute Gasteiger partial charge is 0.494 e. The summed E-state index contributed by atoms with van der Waals surface area (Å²) in [6.07, 6.45) is 0. The third-order valence-electron chi connectivity index (χ3n) is 2.94. The van der Waals surface area contributed by atoms with E-state index in [0.717, 1.165) is 5.56 Å². The van der Waals surface area contributed by atoms with Crippen LogP contribution >= 0.6 is 11.8 Å². The number of thioether (sulfide) groups is 1. The molecule has 0 heterocycles. The number of rotatable bonds is 5. The molecule has 0 atom stereocenters. The van der Waals surface area contributed by atoms with Crippen LogP contribution in [-0.2, 0) is 5.75 Å². The summed E-state index contributed by atoms with van der Waals surface area (Å²) < 4.78 is 5.23. The van der Waals surface area contributed by atoms with Gasteiger partial charge in [-0.3, -0.25) is 4.79 Å². The average molecular weight is 315 g/mol. The van der Waals surface area contributed by atoms with Crippen molar-refractivity contribution in [2.45, 2.75) is 5.75 Å². The molecule has 2 rings (SSSR count). The number of amides is 1. The lowest BCUT2D eigenvalue weighted by molar-refractivity contribution is 0.100. The van der Waals surface area contributed by atoms with Crippen LogP contribution in [0.4, 0.5) is 5.69 Å². The first-order valence-electron chi connectivity index (χ1n) is 6.59. The first kappa shape index (κ1) is 15.9. The maximum Gasteiger partial charge on any atom is 0.248 e. The van der Waals surface area contributed by atoms with Crippen molar-refractivity contribution in [3.8, 4) is 5.75 Å². The Morgan fingerprint density at radius 2 is 1.82 bits per heavy atom. The molecular formula is C16H17N3O2S. The molecule has 5 nitrogen and oxygen atoms in total. The monoisotopic (exact) mass is 315 g/mol. The van der Waals surface area contributed by atoms with E-state index in [1.165, 1.54) is 11.8 Å². The molecule has 22 heavy (non-hydrogen) atoms. The van der Waals surface area contributed by atoms with E-state index in [2.05, 4.69) is 4.99 Å². The summed E-state index contributed by atoms with van der Waals surface area (Å²) >= 11 is 1.41. The summed E-state index contributed by atoms with van der Waals surface area (Å²) in [7, 11) is 1.60. The first-order chi connectivity index (χ1) is 10.6. The van der Waals surface area contributed by atoms with Crippen molar-refractivity contribution in [1.29, 1.82) is 0 Å². The quantitative estimate of drug-likeness (QED) is 0.655. The number of amidine groups is 1. The van der Waals surface area contributed by atoms with Gasteiger partial charge in [-0.05, 0) is 29.8 Å². The molecular weight excluding hydrogens is 298 g/mol. The summed E-state index contributed by atoms with van der Waals surface area (Å²) in [6.45, 7) is 0. The van der Waals surface area contributed by atoms with E-state index in [4.69, 9.17) is 16.2 Å².